The number of hydrogen-bond donors (Lipinski definition) is 1. The van der Waals surface area contributed by atoms with E-state index in [9.17, 15) is 14.0 Å². The number of carbonyl (C=O) groups is 2. The van der Waals surface area contributed by atoms with Crippen molar-refractivity contribution in [2.75, 3.05) is 26.2 Å². The lowest BCUT2D eigenvalue weighted by molar-refractivity contribution is -0.145. The van der Waals surface area contributed by atoms with Crippen LogP contribution in [-0.4, -0.2) is 65.0 Å². The van der Waals surface area contributed by atoms with Gasteiger partial charge in [0.1, 0.15) is 11.5 Å². The Morgan fingerprint density at radius 2 is 1.80 bits per heavy atom. The third-order valence-electron chi connectivity index (χ3n) is 7.08. The van der Waals surface area contributed by atoms with Crippen LogP contribution in [0.1, 0.15) is 43.6 Å². The number of rotatable bonds is 2. The lowest BCUT2D eigenvalue weighted by Crippen LogP contribution is -2.49. The smallest absolute Gasteiger partial charge is 0.270 e. The minimum absolute atomic E-state index is 0.0548. The fourth-order valence-electron chi connectivity index (χ4n) is 5.37. The maximum absolute atomic E-state index is 13.4. The summed E-state index contributed by atoms with van der Waals surface area (Å²) in [6.07, 6.45) is 2.81. The summed E-state index contributed by atoms with van der Waals surface area (Å²) in [6.45, 7) is 6.68. The minimum atomic E-state index is -0.311. The summed E-state index contributed by atoms with van der Waals surface area (Å²) in [6, 6.07) is 6.19. The van der Waals surface area contributed by atoms with Crippen LogP contribution < -0.4 is 0 Å². The highest BCUT2D eigenvalue weighted by Gasteiger charge is 2.59. The second-order valence-electron chi connectivity index (χ2n) is 9.33. The Bertz CT molecular complexity index is 985. The Balaban J connectivity index is 1.21. The van der Waals surface area contributed by atoms with Crippen LogP contribution in [0, 0.1) is 17.2 Å². The van der Waals surface area contributed by atoms with Gasteiger partial charge in [-0.3, -0.25) is 9.59 Å². The normalized spacial score (nSPS) is 28.2. The molecule has 1 N–H and O–H groups in total. The van der Waals surface area contributed by atoms with E-state index in [4.69, 9.17) is 4.74 Å². The lowest BCUT2D eigenvalue weighted by Gasteiger charge is -2.37. The van der Waals surface area contributed by atoms with Crippen LogP contribution in [0.15, 0.2) is 24.3 Å². The van der Waals surface area contributed by atoms with Crippen LogP contribution in [-0.2, 0) is 9.53 Å². The number of aromatic nitrogens is 1. The summed E-state index contributed by atoms with van der Waals surface area (Å²) in [7, 11) is 0. The highest BCUT2D eigenvalue weighted by molar-refractivity contribution is 5.98. The molecule has 5 rings (SSSR count). The number of piperidine rings is 1. The van der Waals surface area contributed by atoms with Gasteiger partial charge in [0.2, 0.25) is 5.91 Å². The van der Waals surface area contributed by atoms with Gasteiger partial charge in [-0.2, -0.15) is 0 Å². The maximum atomic E-state index is 13.4. The van der Waals surface area contributed by atoms with Gasteiger partial charge in [0.05, 0.1) is 12.2 Å². The molecule has 3 heterocycles. The molecule has 3 aliphatic rings. The van der Waals surface area contributed by atoms with Crippen molar-refractivity contribution >= 4 is 22.7 Å². The largest absolute Gasteiger partial charge is 0.372 e. The van der Waals surface area contributed by atoms with Gasteiger partial charge in [-0.15, -0.1) is 0 Å². The zero-order valence-electron chi connectivity index (χ0n) is 17.5. The van der Waals surface area contributed by atoms with E-state index in [1.165, 1.54) is 12.1 Å². The number of halogens is 1. The first-order chi connectivity index (χ1) is 14.3. The molecule has 1 spiro atoms. The van der Waals surface area contributed by atoms with Crippen molar-refractivity contribution in [3.05, 3.63) is 35.8 Å². The van der Waals surface area contributed by atoms with Gasteiger partial charge in [0.15, 0.2) is 0 Å². The van der Waals surface area contributed by atoms with Crippen molar-refractivity contribution in [3.8, 4) is 0 Å². The maximum Gasteiger partial charge on any atom is 0.270 e. The van der Waals surface area contributed by atoms with Crippen molar-refractivity contribution < 1.29 is 18.7 Å². The molecule has 1 aliphatic carbocycles. The Labute approximate surface area is 175 Å². The summed E-state index contributed by atoms with van der Waals surface area (Å²) >= 11 is 0. The second kappa shape index (κ2) is 7.08. The summed E-state index contributed by atoms with van der Waals surface area (Å²) in [4.78, 5) is 32.9. The molecule has 2 saturated heterocycles. The predicted molar refractivity (Wildman–Crippen MR) is 111 cm³/mol. The zero-order valence-corrected chi connectivity index (χ0v) is 17.5. The molecule has 2 aliphatic heterocycles. The SMILES string of the molecule is C[C@@H]1CN(C(=O)[C@@H]2CC23CCN(C(=O)c2cc4cc(F)ccc4[nH]2)CC3)C[C@H](C)O1. The van der Waals surface area contributed by atoms with E-state index < -0.39 is 0 Å². The molecule has 1 aromatic carbocycles. The second-order valence-corrected chi connectivity index (χ2v) is 9.33. The number of benzene rings is 1. The summed E-state index contributed by atoms with van der Waals surface area (Å²) < 4.78 is 19.2. The van der Waals surface area contributed by atoms with Gasteiger partial charge >= 0.3 is 0 Å². The molecular weight excluding hydrogens is 385 g/mol. The molecule has 3 atom stereocenters. The summed E-state index contributed by atoms with van der Waals surface area (Å²) in [5.74, 6) is -0.0209. The Kier molecular flexibility index (Phi) is 4.61. The quantitative estimate of drug-likeness (QED) is 0.822. The molecule has 160 valence electrons. The number of morpholine rings is 1. The van der Waals surface area contributed by atoms with Gasteiger partial charge in [-0.1, -0.05) is 0 Å². The predicted octanol–water partition coefficient (Wildman–Crippen LogP) is 3.19. The average Bonchev–Trinajstić information content (AvgIpc) is 3.23. The number of H-pyrrole nitrogens is 1. The van der Waals surface area contributed by atoms with Crippen molar-refractivity contribution in [2.45, 2.75) is 45.3 Å². The molecule has 6 nitrogen and oxygen atoms in total. The molecule has 7 heteroatoms. The fourth-order valence-corrected chi connectivity index (χ4v) is 5.37. The van der Waals surface area contributed by atoms with Crippen LogP contribution in [0.2, 0.25) is 0 Å². The highest BCUT2D eigenvalue weighted by Crippen LogP contribution is 2.60. The number of nitrogens with one attached hydrogen (secondary N) is 1. The van der Waals surface area contributed by atoms with E-state index in [1.807, 2.05) is 23.6 Å². The first-order valence-electron chi connectivity index (χ1n) is 10.9. The third kappa shape index (κ3) is 3.39. The zero-order chi connectivity index (χ0) is 21.0. The molecule has 0 radical (unpaired) electrons. The monoisotopic (exact) mass is 413 g/mol. The van der Waals surface area contributed by atoms with Gasteiger partial charge in [-0.25, -0.2) is 4.39 Å². The number of fused-ring (bicyclic) bond motifs is 1. The van der Waals surface area contributed by atoms with E-state index in [-0.39, 0.29) is 41.2 Å². The molecule has 1 saturated carbocycles. The van der Waals surface area contributed by atoms with E-state index in [0.29, 0.717) is 37.3 Å². The topological polar surface area (TPSA) is 65.6 Å². The lowest BCUT2D eigenvalue weighted by atomic mass is 9.90. The van der Waals surface area contributed by atoms with Crippen molar-refractivity contribution in [3.63, 3.8) is 0 Å². The van der Waals surface area contributed by atoms with Crippen LogP contribution in [0.4, 0.5) is 4.39 Å². The van der Waals surface area contributed by atoms with E-state index in [0.717, 1.165) is 24.8 Å². The van der Waals surface area contributed by atoms with Crippen LogP contribution in [0.5, 0.6) is 0 Å². The Morgan fingerprint density at radius 3 is 2.50 bits per heavy atom. The fraction of sp³-hybridized carbons (Fsp3) is 0.565. The Morgan fingerprint density at radius 1 is 1.10 bits per heavy atom. The summed E-state index contributed by atoms with van der Waals surface area (Å²) in [5.41, 5.74) is 1.31. The number of carbonyl (C=O) groups excluding carboxylic acids is 2. The van der Waals surface area contributed by atoms with Crippen LogP contribution in [0.3, 0.4) is 0 Å². The minimum Gasteiger partial charge on any atom is -0.372 e. The van der Waals surface area contributed by atoms with Crippen molar-refractivity contribution in [1.82, 2.24) is 14.8 Å². The summed E-state index contributed by atoms with van der Waals surface area (Å²) in [5, 5.41) is 0.702. The molecule has 30 heavy (non-hydrogen) atoms. The molecular formula is C23H28FN3O3. The molecule has 0 bridgehead atoms. The van der Waals surface area contributed by atoms with Crippen molar-refractivity contribution in [2.24, 2.45) is 11.3 Å². The number of hydrogen-bond acceptors (Lipinski definition) is 3. The molecule has 0 unspecified atom stereocenters. The molecule has 1 aromatic heterocycles. The van der Waals surface area contributed by atoms with Crippen LogP contribution in [0.25, 0.3) is 10.9 Å². The van der Waals surface area contributed by atoms with Gasteiger partial charge < -0.3 is 19.5 Å². The number of ether oxygens (including phenoxy) is 1. The number of nitrogens with zero attached hydrogens (tertiary/aromatic N) is 2. The van der Waals surface area contributed by atoms with Crippen LogP contribution >= 0.6 is 0 Å². The average molecular weight is 413 g/mol. The number of amides is 2. The molecule has 2 amide bonds. The number of aromatic amines is 1. The van der Waals surface area contributed by atoms with E-state index >= 15 is 0 Å². The highest BCUT2D eigenvalue weighted by atomic mass is 19.1. The van der Waals surface area contributed by atoms with E-state index in [2.05, 4.69) is 4.98 Å². The number of likely N-dealkylation sites (tertiary alicyclic amines) is 1. The van der Waals surface area contributed by atoms with E-state index in [1.54, 1.807) is 12.1 Å². The Hall–Kier alpha value is -2.41. The molecule has 2 aromatic rings. The van der Waals surface area contributed by atoms with Gasteiger partial charge in [0, 0.05) is 43.0 Å². The van der Waals surface area contributed by atoms with Crippen molar-refractivity contribution in [1.29, 1.82) is 0 Å². The van der Waals surface area contributed by atoms with Gasteiger partial charge in [0.25, 0.3) is 5.91 Å². The molecule has 3 fully saturated rings. The third-order valence-corrected chi connectivity index (χ3v) is 7.08. The first-order valence-corrected chi connectivity index (χ1v) is 10.9. The first kappa shape index (κ1) is 19.5. The standard InChI is InChI=1S/C23H28FN3O3/c1-14-12-27(13-15(2)30-14)21(28)18-11-23(18)5-7-26(8-6-23)22(29)20-10-16-9-17(24)3-4-19(16)25-20/h3-4,9-10,14-15,18,25H,5-8,11-13H2,1-2H3/t14-,15+,18-/m0/s1. The van der Waals surface area contributed by atoms with Gasteiger partial charge in [-0.05, 0) is 62.8 Å².